The van der Waals surface area contributed by atoms with Crippen molar-refractivity contribution in [1.29, 1.82) is 0 Å². The number of nitrogens with zero attached hydrogens (tertiary/aromatic N) is 4. The highest BCUT2D eigenvalue weighted by atomic mass is 16.5. The lowest BCUT2D eigenvalue weighted by Crippen LogP contribution is -2.12. The average Bonchev–Trinajstić information content (AvgIpc) is 2.46. The minimum absolute atomic E-state index is 0.500. The molecule has 0 radical (unpaired) electrons. The number of hydrogen-bond donors (Lipinski definition) is 1. The van der Waals surface area contributed by atoms with Crippen LogP contribution in [0.1, 0.15) is 12.5 Å². The van der Waals surface area contributed by atoms with Crippen LogP contribution in [0.4, 0.5) is 0 Å². The van der Waals surface area contributed by atoms with Gasteiger partial charge in [-0.25, -0.2) is 19.9 Å². The lowest BCUT2D eigenvalue weighted by molar-refractivity contribution is 0.397. The predicted molar refractivity (Wildman–Crippen MR) is 67.0 cm³/mol. The second kappa shape index (κ2) is 6.02. The maximum absolute atomic E-state index is 5.04. The van der Waals surface area contributed by atoms with Crippen molar-refractivity contribution in [3.63, 3.8) is 0 Å². The fourth-order valence-electron chi connectivity index (χ4n) is 1.42. The van der Waals surface area contributed by atoms with Crippen molar-refractivity contribution in [2.45, 2.75) is 13.5 Å². The molecule has 0 unspecified atom stereocenters. The summed E-state index contributed by atoms with van der Waals surface area (Å²) in [7, 11) is 1.56. The largest absolute Gasteiger partial charge is 0.481 e. The molecule has 0 aliphatic heterocycles. The Kier molecular flexibility index (Phi) is 4.14. The van der Waals surface area contributed by atoms with E-state index in [1.807, 2.05) is 0 Å². The molecule has 0 saturated heterocycles. The van der Waals surface area contributed by atoms with E-state index in [0.717, 1.165) is 18.7 Å². The third kappa shape index (κ3) is 2.98. The van der Waals surface area contributed by atoms with Crippen LogP contribution in [-0.4, -0.2) is 33.6 Å². The van der Waals surface area contributed by atoms with Gasteiger partial charge in [0.1, 0.15) is 12.0 Å². The molecule has 0 spiro atoms. The summed E-state index contributed by atoms with van der Waals surface area (Å²) in [5, 5.41) is 3.22. The van der Waals surface area contributed by atoms with Gasteiger partial charge in [-0.3, -0.25) is 0 Å². The van der Waals surface area contributed by atoms with Crippen LogP contribution in [0.25, 0.3) is 11.5 Å². The van der Waals surface area contributed by atoms with E-state index in [-0.39, 0.29) is 0 Å². The van der Waals surface area contributed by atoms with Crippen LogP contribution in [-0.2, 0) is 6.54 Å². The highest BCUT2D eigenvalue weighted by Gasteiger charge is 2.05. The van der Waals surface area contributed by atoms with Gasteiger partial charge in [0.15, 0.2) is 5.82 Å². The summed E-state index contributed by atoms with van der Waals surface area (Å²) in [6.07, 6.45) is 5.02. The minimum atomic E-state index is 0.500. The van der Waals surface area contributed by atoms with E-state index in [4.69, 9.17) is 4.74 Å². The zero-order chi connectivity index (χ0) is 12.8. The van der Waals surface area contributed by atoms with Gasteiger partial charge < -0.3 is 10.1 Å². The number of methoxy groups -OCH3 is 1. The van der Waals surface area contributed by atoms with Crippen LogP contribution in [0, 0.1) is 0 Å². The SMILES string of the molecule is CCNCc1cnc(-c2cc(OC)ncn2)nc1. The maximum atomic E-state index is 5.04. The molecule has 2 heterocycles. The van der Waals surface area contributed by atoms with E-state index >= 15 is 0 Å². The third-order valence-electron chi connectivity index (χ3n) is 2.36. The first kappa shape index (κ1) is 12.4. The Morgan fingerprint density at radius 1 is 1.17 bits per heavy atom. The molecule has 0 aliphatic rings. The summed E-state index contributed by atoms with van der Waals surface area (Å²) in [5.74, 6) is 1.07. The summed E-state index contributed by atoms with van der Waals surface area (Å²) in [5.41, 5.74) is 1.69. The molecule has 0 aromatic carbocycles. The lowest BCUT2D eigenvalue weighted by Gasteiger charge is -2.03. The first-order valence-corrected chi connectivity index (χ1v) is 5.71. The number of aromatic nitrogens is 4. The molecule has 2 aromatic rings. The molecule has 0 amide bonds. The standard InChI is InChI=1S/C12H15N5O/c1-3-13-5-9-6-14-12(15-7-9)10-4-11(18-2)17-8-16-10/h4,6-8,13H,3,5H2,1-2H3. The Balaban J connectivity index is 2.17. The van der Waals surface area contributed by atoms with Crippen molar-refractivity contribution in [3.8, 4) is 17.4 Å². The monoisotopic (exact) mass is 245 g/mol. The van der Waals surface area contributed by atoms with E-state index in [0.29, 0.717) is 17.4 Å². The van der Waals surface area contributed by atoms with E-state index in [9.17, 15) is 0 Å². The van der Waals surface area contributed by atoms with Crippen LogP contribution >= 0.6 is 0 Å². The van der Waals surface area contributed by atoms with Gasteiger partial charge in [0.2, 0.25) is 5.88 Å². The number of ether oxygens (including phenoxy) is 1. The Bertz CT molecular complexity index is 500. The Labute approximate surface area is 105 Å². The maximum Gasteiger partial charge on any atom is 0.216 e. The molecule has 2 rings (SSSR count). The molecule has 0 fully saturated rings. The van der Waals surface area contributed by atoms with Gasteiger partial charge in [-0.05, 0) is 6.54 Å². The summed E-state index contributed by atoms with van der Waals surface area (Å²) in [4.78, 5) is 16.6. The molecule has 0 bridgehead atoms. The summed E-state index contributed by atoms with van der Waals surface area (Å²) in [6.45, 7) is 3.75. The first-order valence-electron chi connectivity index (χ1n) is 5.71. The highest BCUT2D eigenvalue weighted by molar-refractivity contribution is 5.49. The fraction of sp³-hybridized carbons (Fsp3) is 0.333. The zero-order valence-electron chi connectivity index (χ0n) is 10.4. The second-order valence-corrected chi connectivity index (χ2v) is 3.64. The predicted octanol–water partition coefficient (Wildman–Crippen LogP) is 1.05. The van der Waals surface area contributed by atoms with Gasteiger partial charge in [0.05, 0.1) is 7.11 Å². The number of nitrogens with one attached hydrogen (secondary N) is 1. The third-order valence-corrected chi connectivity index (χ3v) is 2.36. The van der Waals surface area contributed by atoms with Crippen LogP contribution in [0.15, 0.2) is 24.8 Å². The van der Waals surface area contributed by atoms with Gasteiger partial charge in [-0.2, -0.15) is 0 Å². The number of hydrogen-bond acceptors (Lipinski definition) is 6. The molecule has 2 aromatic heterocycles. The Hall–Kier alpha value is -2.08. The van der Waals surface area contributed by atoms with Crippen molar-refractivity contribution in [3.05, 3.63) is 30.4 Å². The molecule has 18 heavy (non-hydrogen) atoms. The highest BCUT2D eigenvalue weighted by Crippen LogP contribution is 2.15. The molecular weight excluding hydrogens is 230 g/mol. The van der Waals surface area contributed by atoms with E-state index in [1.165, 1.54) is 6.33 Å². The Morgan fingerprint density at radius 3 is 2.61 bits per heavy atom. The number of rotatable bonds is 5. The normalized spacial score (nSPS) is 10.3. The summed E-state index contributed by atoms with van der Waals surface area (Å²) in [6, 6.07) is 1.71. The van der Waals surface area contributed by atoms with Crippen molar-refractivity contribution >= 4 is 0 Å². The van der Waals surface area contributed by atoms with Crippen LogP contribution in [0.5, 0.6) is 5.88 Å². The van der Waals surface area contributed by atoms with Gasteiger partial charge in [-0.15, -0.1) is 0 Å². The Morgan fingerprint density at radius 2 is 1.94 bits per heavy atom. The molecule has 1 N–H and O–H groups in total. The van der Waals surface area contributed by atoms with Crippen LogP contribution in [0.2, 0.25) is 0 Å². The second-order valence-electron chi connectivity index (χ2n) is 3.64. The fourth-order valence-corrected chi connectivity index (χ4v) is 1.42. The molecule has 0 atom stereocenters. The summed E-state index contributed by atoms with van der Waals surface area (Å²) < 4.78 is 5.04. The summed E-state index contributed by atoms with van der Waals surface area (Å²) >= 11 is 0. The van der Waals surface area contributed by atoms with Crippen molar-refractivity contribution in [1.82, 2.24) is 25.3 Å². The quantitative estimate of drug-likeness (QED) is 0.849. The van der Waals surface area contributed by atoms with Crippen LogP contribution in [0.3, 0.4) is 0 Å². The van der Waals surface area contributed by atoms with E-state index in [1.54, 1.807) is 25.6 Å². The van der Waals surface area contributed by atoms with E-state index in [2.05, 4.69) is 32.2 Å². The molecule has 6 nitrogen and oxygen atoms in total. The molecule has 0 aliphatic carbocycles. The van der Waals surface area contributed by atoms with E-state index < -0.39 is 0 Å². The van der Waals surface area contributed by atoms with Gasteiger partial charge in [0.25, 0.3) is 0 Å². The zero-order valence-corrected chi connectivity index (χ0v) is 10.4. The van der Waals surface area contributed by atoms with Crippen molar-refractivity contribution in [2.75, 3.05) is 13.7 Å². The molecule has 6 heteroatoms. The average molecular weight is 245 g/mol. The van der Waals surface area contributed by atoms with Crippen molar-refractivity contribution in [2.24, 2.45) is 0 Å². The topological polar surface area (TPSA) is 72.8 Å². The smallest absolute Gasteiger partial charge is 0.216 e. The lowest BCUT2D eigenvalue weighted by atomic mass is 10.3. The minimum Gasteiger partial charge on any atom is -0.481 e. The molecule has 94 valence electrons. The molecule has 0 saturated carbocycles. The molecular formula is C12H15N5O. The van der Waals surface area contributed by atoms with Crippen LogP contribution < -0.4 is 10.1 Å². The van der Waals surface area contributed by atoms with Gasteiger partial charge in [0, 0.05) is 30.6 Å². The van der Waals surface area contributed by atoms with Crippen molar-refractivity contribution < 1.29 is 4.74 Å². The van der Waals surface area contributed by atoms with Gasteiger partial charge in [-0.1, -0.05) is 6.92 Å². The van der Waals surface area contributed by atoms with Gasteiger partial charge >= 0.3 is 0 Å². The first-order chi connectivity index (χ1) is 8.83.